The fourth-order valence-corrected chi connectivity index (χ4v) is 5.23. The van der Waals surface area contributed by atoms with Crippen molar-refractivity contribution < 1.29 is 32.4 Å². The molecule has 0 heterocycles. The van der Waals surface area contributed by atoms with Crippen LogP contribution in [0.1, 0.15) is 93.9 Å². The number of carboxylic acids is 2. The van der Waals surface area contributed by atoms with Crippen molar-refractivity contribution in [3.8, 4) is 0 Å². The SMILES string of the molecule is C=CCOS(=O)(=O)C(CC(=O)O)(CC(CC)CCCC)C(=O)O.CCN(CC)CC.CCN(CC)CC. The minimum atomic E-state index is -4.62. The monoisotopic (exact) mass is 552 g/mol. The van der Waals surface area contributed by atoms with Crippen LogP contribution < -0.4 is 0 Å². The minimum Gasteiger partial charge on any atom is -0.481 e. The van der Waals surface area contributed by atoms with Crippen molar-refractivity contribution in [1.82, 2.24) is 9.80 Å². The third-order valence-electron chi connectivity index (χ3n) is 6.49. The Hall–Kier alpha value is -1.49. The lowest BCUT2D eigenvalue weighted by Gasteiger charge is -2.30. The molecule has 9 nitrogen and oxygen atoms in total. The van der Waals surface area contributed by atoms with Crippen molar-refractivity contribution in [2.45, 2.75) is 98.7 Å². The maximum atomic E-state index is 12.4. The van der Waals surface area contributed by atoms with Crippen LogP contribution in [0.25, 0.3) is 0 Å². The molecule has 2 atom stereocenters. The molecular weight excluding hydrogens is 496 g/mol. The summed E-state index contributed by atoms with van der Waals surface area (Å²) in [6.07, 6.45) is 2.74. The van der Waals surface area contributed by atoms with Gasteiger partial charge in [-0.15, -0.1) is 6.58 Å². The van der Waals surface area contributed by atoms with Crippen LogP contribution in [0.5, 0.6) is 0 Å². The Balaban J connectivity index is -0.000000670. The van der Waals surface area contributed by atoms with E-state index >= 15 is 0 Å². The lowest BCUT2D eigenvalue weighted by atomic mass is 9.86. The molecule has 10 heteroatoms. The van der Waals surface area contributed by atoms with Crippen molar-refractivity contribution in [1.29, 1.82) is 0 Å². The Morgan fingerprint density at radius 3 is 1.57 bits per heavy atom. The van der Waals surface area contributed by atoms with Crippen LogP contribution in [0.3, 0.4) is 0 Å². The Morgan fingerprint density at radius 1 is 0.892 bits per heavy atom. The molecule has 0 spiro atoms. The van der Waals surface area contributed by atoms with E-state index in [1.54, 1.807) is 0 Å². The van der Waals surface area contributed by atoms with Crippen LogP contribution in [0.4, 0.5) is 0 Å². The molecule has 0 amide bonds. The molecule has 0 aromatic carbocycles. The highest BCUT2D eigenvalue weighted by Gasteiger charge is 2.54. The molecular formula is C27H56N2O7S. The molecule has 0 aromatic rings. The first kappa shape index (κ1) is 40.0. The molecule has 0 aliphatic heterocycles. The average molecular weight is 553 g/mol. The van der Waals surface area contributed by atoms with Crippen LogP contribution in [0.2, 0.25) is 0 Å². The fraction of sp³-hybridized carbons (Fsp3) is 0.852. The second kappa shape index (κ2) is 23.6. The van der Waals surface area contributed by atoms with Gasteiger partial charge in [-0.25, -0.2) is 0 Å². The van der Waals surface area contributed by atoms with Gasteiger partial charge in [-0.3, -0.25) is 13.8 Å². The molecule has 0 aliphatic rings. The zero-order valence-electron chi connectivity index (χ0n) is 24.8. The smallest absolute Gasteiger partial charge is 0.328 e. The normalized spacial score (nSPS) is 13.6. The molecule has 0 aliphatic carbocycles. The summed E-state index contributed by atoms with van der Waals surface area (Å²) in [4.78, 5) is 27.6. The number of carbonyl (C=O) groups is 2. The van der Waals surface area contributed by atoms with E-state index in [0.717, 1.165) is 12.8 Å². The number of nitrogens with zero attached hydrogens (tertiary/aromatic N) is 2. The summed E-state index contributed by atoms with van der Waals surface area (Å²) in [6, 6.07) is 0. The molecule has 2 unspecified atom stereocenters. The molecule has 0 bridgehead atoms. The summed E-state index contributed by atoms with van der Waals surface area (Å²) in [5.74, 6) is -3.41. The van der Waals surface area contributed by atoms with Crippen molar-refractivity contribution in [2.24, 2.45) is 5.92 Å². The zero-order chi connectivity index (χ0) is 29.5. The van der Waals surface area contributed by atoms with Gasteiger partial charge in [0.1, 0.15) is 0 Å². The lowest BCUT2D eigenvalue weighted by Crippen LogP contribution is -2.50. The van der Waals surface area contributed by atoms with Crippen LogP contribution in [0.15, 0.2) is 12.7 Å². The Morgan fingerprint density at radius 2 is 1.32 bits per heavy atom. The van der Waals surface area contributed by atoms with E-state index in [9.17, 15) is 23.1 Å². The number of hydrogen-bond acceptors (Lipinski definition) is 7. The van der Waals surface area contributed by atoms with E-state index in [1.807, 2.05) is 13.8 Å². The van der Waals surface area contributed by atoms with E-state index in [0.29, 0.717) is 12.8 Å². The maximum Gasteiger partial charge on any atom is 0.328 e. The van der Waals surface area contributed by atoms with Gasteiger partial charge in [0.15, 0.2) is 0 Å². The summed E-state index contributed by atoms with van der Waals surface area (Å²) in [5, 5.41) is 18.6. The van der Waals surface area contributed by atoms with Gasteiger partial charge in [0.05, 0.1) is 13.0 Å². The number of aliphatic carboxylic acids is 2. The first-order valence-electron chi connectivity index (χ1n) is 13.8. The molecule has 0 radical (unpaired) electrons. The first-order chi connectivity index (χ1) is 17.4. The van der Waals surface area contributed by atoms with E-state index in [4.69, 9.17) is 5.11 Å². The number of hydrogen-bond donors (Lipinski definition) is 2. The van der Waals surface area contributed by atoms with Crippen molar-refractivity contribution in [3.05, 3.63) is 12.7 Å². The van der Waals surface area contributed by atoms with Gasteiger partial charge in [-0.05, 0) is 51.6 Å². The second-order valence-corrected chi connectivity index (χ2v) is 10.7. The Labute approximate surface area is 227 Å². The van der Waals surface area contributed by atoms with Gasteiger partial charge in [0, 0.05) is 0 Å². The maximum absolute atomic E-state index is 12.4. The fourth-order valence-electron chi connectivity index (χ4n) is 3.78. The topological polar surface area (TPSA) is 124 Å². The number of carboxylic acid groups (broad SMARTS) is 2. The van der Waals surface area contributed by atoms with Gasteiger partial charge in [0.25, 0.3) is 10.1 Å². The van der Waals surface area contributed by atoms with E-state index in [-0.39, 0.29) is 12.3 Å². The van der Waals surface area contributed by atoms with Crippen LogP contribution >= 0.6 is 0 Å². The second-order valence-electron chi connectivity index (χ2n) is 8.76. The lowest BCUT2D eigenvalue weighted by molar-refractivity contribution is -0.147. The highest BCUT2D eigenvalue weighted by atomic mass is 32.2. The van der Waals surface area contributed by atoms with Gasteiger partial charge in [-0.1, -0.05) is 87.1 Å². The van der Waals surface area contributed by atoms with Gasteiger partial charge in [0.2, 0.25) is 4.75 Å². The molecule has 37 heavy (non-hydrogen) atoms. The highest BCUT2D eigenvalue weighted by Crippen LogP contribution is 2.35. The third-order valence-corrected chi connectivity index (χ3v) is 8.38. The quantitative estimate of drug-likeness (QED) is 0.166. The summed E-state index contributed by atoms with van der Waals surface area (Å²) >= 11 is 0. The van der Waals surface area contributed by atoms with Crippen molar-refractivity contribution >= 4 is 22.1 Å². The standard InChI is InChI=1S/C15H26O7S.2C6H15N/c1-4-7-8-12(6-3)10-15(14(18)19,11-13(16)17)23(20,21)22-9-5-2;2*1-4-7(5-2)6-3/h5,12H,2,4,6-11H2,1,3H3,(H,16,17)(H,18,19);2*4-6H2,1-3H3. The number of rotatable bonds is 19. The average Bonchev–Trinajstić information content (AvgIpc) is 2.87. The van der Waals surface area contributed by atoms with E-state index < -0.39 is 39.8 Å². The molecule has 0 aromatic heterocycles. The molecule has 0 rings (SSSR count). The minimum absolute atomic E-state index is 0.215. The van der Waals surface area contributed by atoms with Crippen LogP contribution in [-0.2, 0) is 23.9 Å². The van der Waals surface area contributed by atoms with Gasteiger partial charge < -0.3 is 20.0 Å². The van der Waals surface area contributed by atoms with E-state index in [2.05, 4.69) is 62.1 Å². The largest absolute Gasteiger partial charge is 0.481 e. The molecule has 222 valence electrons. The Bertz CT molecular complexity index is 670. The van der Waals surface area contributed by atoms with Crippen molar-refractivity contribution in [2.75, 3.05) is 45.9 Å². The summed E-state index contributed by atoms with van der Waals surface area (Å²) < 4.78 is 27.0. The predicted octanol–water partition coefficient (Wildman–Crippen LogP) is 5.12. The molecule has 0 saturated carbocycles. The third kappa shape index (κ3) is 16.9. The molecule has 0 saturated heterocycles. The van der Waals surface area contributed by atoms with Gasteiger partial charge >= 0.3 is 11.9 Å². The molecule has 2 N–H and O–H groups in total. The predicted molar refractivity (Wildman–Crippen MR) is 153 cm³/mol. The molecule has 0 fully saturated rings. The van der Waals surface area contributed by atoms with Crippen LogP contribution in [0, 0.1) is 5.92 Å². The Kier molecular flexibility index (Phi) is 25.5. The van der Waals surface area contributed by atoms with Gasteiger partial charge in [-0.2, -0.15) is 8.42 Å². The summed E-state index contributed by atoms with van der Waals surface area (Å²) in [5.41, 5.74) is 0. The first-order valence-corrected chi connectivity index (χ1v) is 15.2. The summed E-state index contributed by atoms with van der Waals surface area (Å²) in [6.45, 7) is 27.0. The summed E-state index contributed by atoms with van der Waals surface area (Å²) in [7, 11) is -4.62. The zero-order valence-corrected chi connectivity index (χ0v) is 25.6. The van der Waals surface area contributed by atoms with E-state index in [1.165, 1.54) is 45.3 Å². The highest BCUT2D eigenvalue weighted by molar-refractivity contribution is 7.89. The van der Waals surface area contributed by atoms with Crippen LogP contribution in [-0.4, -0.2) is 91.0 Å². The van der Waals surface area contributed by atoms with Crippen molar-refractivity contribution in [3.63, 3.8) is 0 Å². The number of unbranched alkanes of at least 4 members (excludes halogenated alkanes) is 1.